The van der Waals surface area contributed by atoms with Crippen LogP contribution in [0.4, 0.5) is 29.6 Å². The number of nitrogen functional groups attached to an aromatic ring is 1. The first kappa shape index (κ1) is 36.6. The Hall–Kier alpha value is -6.21. The van der Waals surface area contributed by atoms with E-state index >= 15 is 0 Å². The summed E-state index contributed by atoms with van der Waals surface area (Å²) in [7, 11) is 1.73. The van der Waals surface area contributed by atoms with E-state index in [0.29, 0.717) is 66.4 Å². The molecule has 1 saturated heterocycles. The second-order valence-electron chi connectivity index (χ2n) is 12.6. The molecule has 4 N–H and O–H groups in total. The van der Waals surface area contributed by atoms with Gasteiger partial charge in [-0.3, -0.25) is 14.4 Å². The van der Waals surface area contributed by atoms with Crippen LogP contribution >= 0.6 is 0 Å². The quantitative estimate of drug-likeness (QED) is 0.248. The zero-order chi connectivity index (χ0) is 38.0. The topological polar surface area (TPSA) is 167 Å². The van der Waals surface area contributed by atoms with Crippen molar-refractivity contribution in [2.75, 3.05) is 50.3 Å². The molecule has 0 spiro atoms. The lowest BCUT2D eigenvalue weighted by Gasteiger charge is -2.34. The third kappa shape index (κ3) is 7.85. The number of benzene rings is 2. The van der Waals surface area contributed by atoms with Crippen molar-refractivity contribution in [3.63, 3.8) is 0 Å². The fraction of sp³-hybridized carbons (Fsp3) is 0.297. The highest BCUT2D eigenvalue weighted by atomic mass is 19.4. The van der Waals surface area contributed by atoms with E-state index in [2.05, 4.69) is 32.0 Å². The summed E-state index contributed by atoms with van der Waals surface area (Å²) < 4.78 is 44.1. The van der Waals surface area contributed by atoms with Gasteiger partial charge in [-0.15, -0.1) is 0 Å². The monoisotopic (exact) mass is 728 g/mol. The number of piperazine rings is 1. The highest BCUT2D eigenvalue weighted by Crippen LogP contribution is 2.35. The van der Waals surface area contributed by atoms with Crippen LogP contribution in [0.2, 0.25) is 0 Å². The van der Waals surface area contributed by atoms with Crippen molar-refractivity contribution in [3.8, 4) is 23.2 Å². The Morgan fingerprint density at radius 2 is 1.77 bits per heavy atom. The molecule has 13 nitrogen and oxygen atoms in total. The summed E-state index contributed by atoms with van der Waals surface area (Å²) in [4.78, 5) is 63.1. The Balaban J connectivity index is 1.18. The first-order valence-corrected chi connectivity index (χ1v) is 16.7. The van der Waals surface area contributed by atoms with E-state index in [0.717, 1.165) is 23.6 Å². The van der Waals surface area contributed by atoms with Gasteiger partial charge in [-0.05, 0) is 48.5 Å². The molecule has 0 saturated carbocycles. The van der Waals surface area contributed by atoms with Crippen molar-refractivity contribution < 1.29 is 37.5 Å². The molecule has 2 aliphatic rings. The van der Waals surface area contributed by atoms with Crippen LogP contribution in [0.3, 0.4) is 0 Å². The molecule has 0 radical (unpaired) electrons. The Kier molecular flexibility index (Phi) is 10.2. The van der Waals surface area contributed by atoms with Gasteiger partial charge < -0.3 is 30.5 Å². The number of hydrogen-bond donors (Lipinski definition) is 3. The maximum absolute atomic E-state index is 14.1. The van der Waals surface area contributed by atoms with E-state index in [-0.39, 0.29) is 30.2 Å². The van der Waals surface area contributed by atoms with Gasteiger partial charge >= 0.3 is 12.3 Å². The minimum Gasteiger partial charge on any atom is -0.465 e. The van der Waals surface area contributed by atoms with Crippen LogP contribution in [0, 0.1) is 11.8 Å². The molecule has 6 rings (SSSR count). The molecule has 2 aromatic carbocycles. The van der Waals surface area contributed by atoms with Gasteiger partial charge in [0.25, 0.3) is 11.8 Å². The van der Waals surface area contributed by atoms with E-state index in [1.807, 2.05) is 6.92 Å². The number of carbonyl (C=O) groups is 4. The Morgan fingerprint density at radius 1 is 1.02 bits per heavy atom. The van der Waals surface area contributed by atoms with E-state index in [4.69, 9.17) is 5.73 Å². The summed E-state index contributed by atoms with van der Waals surface area (Å²) in [6.45, 7) is 4.61. The molecule has 2 aliphatic heterocycles. The number of aromatic nitrogens is 3. The second-order valence-corrected chi connectivity index (χ2v) is 12.6. The lowest BCUT2D eigenvalue weighted by Crippen LogP contribution is -2.48. The van der Waals surface area contributed by atoms with Gasteiger partial charge in [0, 0.05) is 69.3 Å². The van der Waals surface area contributed by atoms with Crippen molar-refractivity contribution >= 4 is 35.5 Å². The first-order chi connectivity index (χ1) is 25.2. The van der Waals surface area contributed by atoms with Crippen molar-refractivity contribution in [2.45, 2.75) is 25.9 Å². The number of alkyl halides is 3. The predicted octanol–water partition coefficient (Wildman–Crippen LogP) is 4.12. The molecule has 0 aliphatic carbocycles. The van der Waals surface area contributed by atoms with Crippen molar-refractivity contribution in [3.05, 3.63) is 93.8 Å². The smallest absolute Gasteiger partial charge is 0.417 e. The van der Waals surface area contributed by atoms with Crippen molar-refractivity contribution in [1.82, 2.24) is 29.2 Å². The Labute approximate surface area is 302 Å². The number of nitrogens with zero attached hydrogens (tertiary/aromatic N) is 6. The van der Waals surface area contributed by atoms with E-state index in [1.165, 1.54) is 17.2 Å². The van der Waals surface area contributed by atoms with Crippen LogP contribution in [0.15, 0.2) is 54.7 Å². The van der Waals surface area contributed by atoms with Crippen LogP contribution in [0.1, 0.15) is 55.6 Å². The van der Waals surface area contributed by atoms with Crippen LogP contribution < -0.4 is 11.1 Å². The predicted molar refractivity (Wildman–Crippen MR) is 188 cm³/mol. The fourth-order valence-electron chi connectivity index (χ4n) is 6.46. The van der Waals surface area contributed by atoms with Gasteiger partial charge in [0.15, 0.2) is 0 Å². The first-order valence-electron chi connectivity index (χ1n) is 16.7. The molecule has 4 aromatic rings. The van der Waals surface area contributed by atoms with Gasteiger partial charge in [-0.2, -0.15) is 13.2 Å². The van der Waals surface area contributed by atoms with Crippen molar-refractivity contribution in [1.29, 1.82) is 0 Å². The molecule has 274 valence electrons. The van der Waals surface area contributed by atoms with Gasteiger partial charge in [-0.1, -0.05) is 30.9 Å². The minimum atomic E-state index is -4.82. The van der Waals surface area contributed by atoms with Crippen LogP contribution in [0.5, 0.6) is 0 Å². The number of fused-ring (bicyclic) bond motifs is 1. The number of hydrogen-bond acceptors (Lipinski definition) is 8. The van der Waals surface area contributed by atoms with E-state index in [1.54, 1.807) is 41.9 Å². The largest absolute Gasteiger partial charge is 0.465 e. The zero-order valence-electron chi connectivity index (χ0n) is 28.8. The molecule has 0 unspecified atom stereocenters. The highest BCUT2D eigenvalue weighted by Gasteiger charge is 2.37. The van der Waals surface area contributed by atoms with Crippen LogP contribution in [-0.4, -0.2) is 97.4 Å². The number of carboxylic acid groups (broad SMARTS) is 1. The highest BCUT2D eigenvalue weighted by molar-refractivity contribution is 6.05. The summed E-state index contributed by atoms with van der Waals surface area (Å²) >= 11 is 0. The molecule has 4 amide bonds. The van der Waals surface area contributed by atoms with Crippen molar-refractivity contribution in [2.24, 2.45) is 7.05 Å². The second kappa shape index (κ2) is 14.8. The van der Waals surface area contributed by atoms with Crippen LogP contribution in [0.25, 0.3) is 11.4 Å². The third-order valence-electron chi connectivity index (χ3n) is 9.27. The maximum Gasteiger partial charge on any atom is 0.417 e. The molecular formula is C37H35F3N8O5. The molecule has 2 aromatic heterocycles. The van der Waals surface area contributed by atoms with Gasteiger partial charge in [0.2, 0.25) is 11.9 Å². The average Bonchev–Trinajstić information content (AvgIpc) is 3.47. The number of likely N-dealkylation sites (N-methyl/N-ethyl adjacent to an activating group) is 1. The number of imide groups is 1. The normalized spacial score (nSPS) is 14.7. The number of anilines is 2. The summed E-state index contributed by atoms with van der Waals surface area (Å²) in [5.41, 5.74) is 7.33. The van der Waals surface area contributed by atoms with Gasteiger partial charge in [-0.25, -0.2) is 19.7 Å². The molecule has 1 fully saturated rings. The third-order valence-corrected chi connectivity index (χ3v) is 9.27. The zero-order valence-corrected chi connectivity index (χ0v) is 28.8. The Bertz CT molecular complexity index is 2180. The van der Waals surface area contributed by atoms with E-state index in [9.17, 15) is 37.5 Å². The molecule has 16 heteroatoms. The Morgan fingerprint density at radius 3 is 2.47 bits per heavy atom. The summed E-state index contributed by atoms with van der Waals surface area (Å²) in [5.74, 6) is 4.07. The molecule has 0 atom stereocenters. The molecular weight excluding hydrogens is 693 g/mol. The van der Waals surface area contributed by atoms with Gasteiger partial charge in [0.05, 0.1) is 34.4 Å². The average molecular weight is 729 g/mol. The minimum absolute atomic E-state index is 0.0184. The number of nitrogens with one attached hydrogen (secondary N) is 1. The number of rotatable bonds is 6. The standard InChI is InChI=1S/C37H35F3N8O5/c1-3-46-13-15-47(16-14-46)33(50)26-10-9-25(19-28(26)37(38,39)40)43-31(49)18-23-6-4-5-22(17-23)7-8-24-21-42-35(41)44-32(24)30-20-27-29(45(30)2)11-12-48(34(27)51)36(52)53/h4-6,9-10,17,19-21H,3,11-16,18H2,1-2H3,(H,43,49)(H,52,53)(H2,41,42,44). The van der Waals surface area contributed by atoms with E-state index < -0.39 is 41.1 Å². The fourth-order valence-corrected chi connectivity index (χ4v) is 6.46. The summed E-state index contributed by atoms with van der Waals surface area (Å²) in [6.07, 6.45) is -4.58. The maximum atomic E-state index is 14.1. The number of carbonyl (C=O) groups excluding carboxylic acids is 3. The number of nitrogens with two attached hydrogens (primary N) is 1. The van der Waals surface area contributed by atoms with Crippen LogP contribution in [-0.2, 0) is 30.9 Å². The molecule has 4 heterocycles. The SMILES string of the molecule is CCN1CCN(C(=O)c2ccc(NC(=O)Cc3cccc(C#Cc4cnc(N)nc4-c4cc5c(n4C)CCN(C(=O)O)C5=O)c3)cc2C(F)(F)F)CC1. The summed E-state index contributed by atoms with van der Waals surface area (Å²) in [5, 5.41) is 11.9. The lowest BCUT2D eigenvalue weighted by molar-refractivity contribution is -0.138. The number of halogens is 3. The molecule has 0 bridgehead atoms. The lowest BCUT2D eigenvalue weighted by atomic mass is 10.0. The molecule has 53 heavy (non-hydrogen) atoms. The van der Waals surface area contributed by atoms with Gasteiger partial charge in [0.1, 0.15) is 5.69 Å². The summed E-state index contributed by atoms with van der Waals surface area (Å²) in [6, 6.07) is 11.4. The number of amides is 4.